The fourth-order valence-corrected chi connectivity index (χ4v) is 2.27. The first-order chi connectivity index (χ1) is 8.63. The number of nitrogens with zero attached hydrogens (tertiary/aromatic N) is 3. The van der Waals surface area contributed by atoms with Gasteiger partial charge >= 0.3 is 0 Å². The Morgan fingerprint density at radius 2 is 2.17 bits per heavy atom. The molecule has 0 spiro atoms. The van der Waals surface area contributed by atoms with Gasteiger partial charge in [-0.3, -0.25) is 4.98 Å². The molecule has 94 valence electrons. The zero-order chi connectivity index (χ0) is 12.7. The normalized spacial score (nSPS) is 22.4. The SMILES string of the molecule is CC1CC(C)n2nc(-c3ccc(F)cn3)cc2O1. The average Bonchev–Trinajstić information content (AvgIpc) is 2.74. The van der Waals surface area contributed by atoms with Crippen molar-refractivity contribution in [1.29, 1.82) is 0 Å². The van der Waals surface area contributed by atoms with Crippen LogP contribution in [0.5, 0.6) is 5.88 Å². The number of ether oxygens (including phenoxy) is 1. The van der Waals surface area contributed by atoms with Crippen LogP contribution in [-0.4, -0.2) is 20.9 Å². The molecule has 0 bridgehead atoms. The minimum absolute atomic E-state index is 0.193. The summed E-state index contributed by atoms with van der Waals surface area (Å²) in [6.45, 7) is 4.15. The smallest absolute Gasteiger partial charge is 0.212 e. The number of fused-ring (bicyclic) bond motifs is 1. The minimum atomic E-state index is -0.346. The van der Waals surface area contributed by atoms with E-state index in [4.69, 9.17) is 4.74 Å². The summed E-state index contributed by atoms with van der Waals surface area (Å²) < 4.78 is 20.4. The maximum absolute atomic E-state index is 12.8. The zero-order valence-corrected chi connectivity index (χ0v) is 10.3. The van der Waals surface area contributed by atoms with Gasteiger partial charge in [0.25, 0.3) is 0 Å². The molecule has 0 fully saturated rings. The molecule has 1 aliphatic heterocycles. The Kier molecular flexibility index (Phi) is 2.54. The fraction of sp³-hybridized carbons (Fsp3) is 0.385. The van der Waals surface area contributed by atoms with Crippen LogP contribution in [-0.2, 0) is 0 Å². The highest BCUT2D eigenvalue weighted by Crippen LogP contribution is 2.31. The summed E-state index contributed by atoms with van der Waals surface area (Å²) in [6.07, 6.45) is 2.32. The molecular formula is C13H14FN3O. The van der Waals surface area contributed by atoms with E-state index in [1.54, 1.807) is 6.07 Å². The second-order valence-electron chi connectivity index (χ2n) is 4.69. The molecule has 1 aliphatic rings. The summed E-state index contributed by atoms with van der Waals surface area (Å²) in [5.41, 5.74) is 1.37. The molecule has 0 amide bonds. The third-order valence-electron chi connectivity index (χ3n) is 3.10. The predicted octanol–water partition coefficient (Wildman–Crippen LogP) is 2.82. The first kappa shape index (κ1) is 11.2. The molecule has 5 heteroatoms. The number of halogens is 1. The summed E-state index contributed by atoms with van der Waals surface area (Å²) in [4.78, 5) is 4.03. The van der Waals surface area contributed by atoms with Gasteiger partial charge in [0.15, 0.2) is 0 Å². The third kappa shape index (κ3) is 1.85. The molecule has 0 radical (unpaired) electrons. The van der Waals surface area contributed by atoms with E-state index in [0.29, 0.717) is 17.4 Å². The van der Waals surface area contributed by atoms with Gasteiger partial charge in [0, 0.05) is 12.5 Å². The maximum Gasteiger partial charge on any atom is 0.212 e. The third-order valence-corrected chi connectivity index (χ3v) is 3.10. The van der Waals surface area contributed by atoms with E-state index in [-0.39, 0.29) is 11.9 Å². The van der Waals surface area contributed by atoms with Crippen molar-refractivity contribution in [2.75, 3.05) is 0 Å². The van der Waals surface area contributed by atoms with Crippen LogP contribution in [0.25, 0.3) is 11.4 Å². The Morgan fingerprint density at radius 3 is 2.89 bits per heavy atom. The van der Waals surface area contributed by atoms with E-state index >= 15 is 0 Å². The second-order valence-corrected chi connectivity index (χ2v) is 4.69. The Balaban J connectivity index is 2.00. The van der Waals surface area contributed by atoms with E-state index < -0.39 is 0 Å². The molecule has 4 nitrogen and oxygen atoms in total. The highest BCUT2D eigenvalue weighted by molar-refractivity contribution is 5.55. The average molecular weight is 247 g/mol. The van der Waals surface area contributed by atoms with Gasteiger partial charge in [-0.25, -0.2) is 9.07 Å². The van der Waals surface area contributed by atoms with Crippen LogP contribution >= 0.6 is 0 Å². The van der Waals surface area contributed by atoms with Crippen molar-refractivity contribution in [2.24, 2.45) is 0 Å². The highest BCUT2D eigenvalue weighted by Gasteiger charge is 2.24. The van der Waals surface area contributed by atoms with E-state index in [0.717, 1.165) is 12.3 Å². The zero-order valence-electron chi connectivity index (χ0n) is 10.3. The summed E-state index contributed by atoms with van der Waals surface area (Å²) in [5, 5.41) is 4.47. The minimum Gasteiger partial charge on any atom is -0.475 e. The second kappa shape index (κ2) is 4.08. The summed E-state index contributed by atoms with van der Waals surface area (Å²) in [5.74, 6) is 0.406. The number of hydrogen-bond donors (Lipinski definition) is 0. The van der Waals surface area contributed by atoms with Crippen molar-refractivity contribution in [3.8, 4) is 17.3 Å². The summed E-state index contributed by atoms with van der Waals surface area (Å²) in [6, 6.07) is 5.16. The Bertz CT molecular complexity index is 564. The molecule has 2 aromatic heterocycles. The largest absolute Gasteiger partial charge is 0.475 e. The van der Waals surface area contributed by atoms with Crippen LogP contribution in [0.2, 0.25) is 0 Å². The molecule has 0 aliphatic carbocycles. The topological polar surface area (TPSA) is 39.9 Å². The molecule has 0 saturated heterocycles. The molecule has 3 heterocycles. The Labute approximate surface area is 104 Å². The monoisotopic (exact) mass is 247 g/mol. The number of aromatic nitrogens is 3. The first-order valence-corrected chi connectivity index (χ1v) is 6.01. The number of pyridine rings is 1. The van der Waals surface area contributed by atoms with Gasteiger partial charge in [-0.15, -0.1) is 0 Å². The molecule has 0 N–H and O–H groups in total. The standard InChI is InChI=1S/C13H14FN3O/c1-8-5-9(2)18-13-6-12(16-17(8)13)11-4-3-10(14)7-15-11/h3-4,6-9H,5H2,1-2H3. The lowest BCUT2D eigenvalue weighted by molar-refractivity contribution is 0.127. The van der Waals surface area contributed by atoms with Crippen LogP contribution in [0.1, 0.15) is 26.3 Å². The predicted molar refractivity (Wildman–Crippen MR) is 64.8 cm³/mol. The Hall–Kier alpha value is -1.91. The van der Waals surface area contributed by atoms with Crippen LogP contribution in [0.15, 0.2) is 24.4 Å². The van der Waals surface area contributed by atoms with Crippen molar-refractivity contribution in [2.45, 2.75) is 32.4 Å². The molecule has 3 rings (SSSR count). The lowest BCUT2D eigenvalue weighted by Gasteiger charge is -2.26. The molecular weight excluding hydrogens is 233 g/mol. The van der Waals surface area contributed by atoms with E-state index in [9.17, 15) is 4.39 Å². The fourth-order valence-electron chi connectivity index (χ4n) is 2.27. The molecule has 0 aromatic carbocycles. The first-order valence-electron chi connectivity index (χ1n) is 6.01. The van der Waals surface area contributed by atoms with E-state index in [1.165, 1.54) is 12.3 Å². The van der Waals surface area contributed by atoms with E-state index in [2.05, 4.69) is 17.0 Å². The van der Waals surface area contributed by atoms with Gasteiger partial charge in [-0.05, 0) is 26.0 Å². The van der Waals surface area contributed by atoms with Crippen molar-refractivity contribution >= 4 is 0 Å². The van der Waals surface area contributed by atoms with Gasteiger partial charge in [0.2, 0.25) is 5.88 Å². The van der Waals surface area contributed by atoms with Gasteiger partial charge in [0.1, 0.15) is 11.5 Å². The maximum atomic E-state index is 12.8. The summed E-state index contributed by atoms with van der Waals surface area (Å²) >= 11 is 0. The lowest BCUT2D eigenvalue weighted by atomic mass is 10.1. The van der Waals surface area contributed by atoms with Gasteiger partial charge in [-0.1, -0.05) is 0 Å². The Morgan fingerprint density at radius 1 is 1.33 bits per heavy atom. The van der Waals surface area contributed by atoms with Crippen LogP contribution in [0.4, 0.5) is 4.39 Å². The number of hydrogen-bond acceptors (Lipinski definition) is 3. The highest BCUT2D eigenvalue weighted by atomic mass is 19.1. The number of rotatable bonds is 1. The molecule has 2 aromatic rings. The van der Waals surface area contributed by atoms with Gasteiger partial charge in [0.05, 0.1) is 24.0 Å². The van der Waals surface area contributed by atoms with E-state index in [1.807, 2.05) is 17.7 Å². The van der Waals surface area contributed by atoms with Crippen LogP contribution in [0, 0.1) is 5.82 Å². The quantitative estimate of drug-likeness (QED) is 0.778. The molecule has 2 atom stereocenters. The van der Waals surface area contributed by atoms with Crippen molar-refractivity contribution in [1.82, 2.24) is 14.8 Å². The van der Waals surface area contributed by atoms with Crippen molar-refractivity contribution < 1.29 is 9.13 Å². The van der Waals surface area contributed by atoms with Crippen LogP contribution in [0.3, 0.4) is 0 Å². The summed E-state index contributed by atoms with van der Waals surface area (Å²) in [7, 11) is 0. The molecule has 0 saturated carbocycles. The van der Waals surface area contributed by atoms with Crippen molar-refractivity contribution in [3.63, 3.8) is 0 Å². The lowest BCUT2D eigenvalue weighted by Crippen LogP contribution is -2.26. The van der Waals surface area contributed by atoms with Gasteiger partial charge < -0.3 is 4.74 Å². The van der Waals surface area contributed by atoms with Gasteiger partial charge in [-0.2, -0.15) is 5.10 Å². The van der Waals surface area contributed by atoms with Crippen LogP contribution < -0.4 is 4.74 Å². The molecule has 18 heavy (non-hydrogen) atoms. The molecule has 2 unspecified atom stereocenters. The van der Waals surface area contributed by atoms with Crippen molar-refractivity contribution in [3.05, 3.63) is 30.2 Å².